The van der Waals surface area contributed by atoms with E-state index in [0.29, 0.717) is 41.2 Å². The van der Waals surface area contributed by atoms with E-state index in [1.54, 1.807) is 42.5 Å². The first-order valence-electron chi connectivity index (χ1n) is 14.5. The van der Waals surface area contributed by atoms with Crippen LogP contribution in [-0.2, 0) is 28.7 Å². The number of carbonyl (C=O) groups is 1. The lowest BCUT2D eigenvalue weighted by Gasteiger charge is -2.31. The van der Waals surface area contributed by atoms with E-state index in [2.05, 4.69) is 21.2 Å². The molecule has 11 heteroatoms. The van der Waals surface area contributed by atoms with Crippen LogP contribution >= 0.6 is 15.9 Å². The predicted molar refractivity (Wildman–Crippen MR) is 171 cm³/mol. The molecule has 1 amide bonds. The lowest BCUT2D eigenvalue weighted by Crippen LogP contribution is -2.49. The number of alkyl halides is 3. The van der Waals surface area contributed by atoms with Crippen molar-refractivity contribution in [2.45, 2.75) is 37.2 Å². The Balaban J connectivity index is 1.56. The van der Waals surface area contributed by atoms with Crippen LogP contribution in [0, 0.1) is 0 Å². The summed E-state index contributed by atoms with van der Waals surface area (Å²) >= 11 is 3.45. The van der Waals surface area contributed by atoms with Crippen LogP contribution in [0.15, 0.2) is 107 Å². The van der Waals surface area contributed by atoms with Crippen molar-refractivity contribution in [2.24, 2.45) is 4.99 Å². The molecule has 1 aliphatic heterocycles. The maximum absolute atomic E-state index is 14.4. The van der Waals surface area contributed by atoms with E-state index in [-0.39, 0.29) is 25.5 Å². The molecule has 2 N–H and O–H groups in total. The molecule has 1 aliphatic rings. The summed E-state index contributed by atoms with van der Waals surface area (Å²) in [5.74, 6) is 0.863. The first-order valence-corrected chi connectivity index (χ1v) is 15.3. The summed E-state index contributed by atoms with van der Waals surface area (Å²) in [6, 6.07) is 26.5. The first-order chi connectivity index (χ1) is 22.1. The lowest BCUT2D eigenvalue weighted by molar-refractivity contribution is -0.137. The molecular formula is C35H32BrF3N2O5. The van der Waals surface area contributed by atoms with Crippen LogP contribution < -0.4 is 14.8 Å². The Bertz CT molecular complexity index is 1680. The van der Waals surface area contributed by atoms with Gasteiger partial charge in [0.05, 0.1) is 19.3 Å². The number of ether oxygens (including phenoxy) is 3. The molecule has 4 aromatic rings. The average molecular weight is 698 g/mol. The Kier molecular flexibility index (Phi) is 10.3. The number of benzene rings is 4. The Labute approximate surface area is 273 Å². The Morgan fingerprint density at radius 3 is 2.41 bits per heavy atom. The van der Waals surface area contributed by atoms with Gasteiger partial charge in [0.25, 0.3) is 5.91 Å². The molecule has 5 rings (SSSR count). The third kappa shape index (κ3) is 7.71. The number of aliphatic hydroxyl groups excluding tert-OH is 1. The van der Waals surface area contributed by atoms with Gasteiger partial charge in [-0.25, -0.2) is 4.99 Å². The van der Waals surface area contributed by atoms with Crippen LogP contribution in [-0.4, -0.2) is 42.8 Å². The molecule has 0 bridgehead atoms. The molecule has 0 fully saturated rings. The van der Waals surface area contributed by atoms with Crippen molar-refractivity contribution >= 4 is 27.7 Å². The molecule has 0 saturated carbocycles. The highest BCUT2D eigenvalue weighted by Crippen LogP contribution is 2.43. The van der Waals surface area contributed by atoms with Crippen molar-refractivity contribution in [1.82, 2.24) is 5.32 Å². The minimum atomic E-state index is -4.52. The molecule has 240 valence electrons. The fraction of sp³-hybridized carbons (Fsp3) is 0.257. The third-order valence-electron chi connectivity index (χ3n) is 7.52. The Morgan fingerprint density at radius 1 is 0.978 bits per heavy atom. The van der Waals surface area contributed by atoms with E-state index in [0.717, 1.165) is 22.2 Å². The van der Waals surface area contributed by atoms with E-state index in [4.69, 9.17) is 24.3 Å². The number of carbonyl (C=O) groups excluding carboxylic acids is 1. The summed E-state index contributed by atoms with van der Waals surface area (Å²) in [6.45, 7) is 0.221. The van der Waals surface area contributed by atoms with Crippen molar-refractivity contribution in [1.29, 1.82) is 0 Å². The monoisotopic (exact) mass is 696 g/mol. The van der Waals surface area contributed by atoms with Crippen LogP contribution in [0.5, 0.6) is 11.5 Å². The van der Waals surface area contributed by atoms with Crippen LogP contribution in [0.3, 0.4) is 0 Å². The van der Waals surface area contributed by atoms with Gasteiger partial charge in [-0.1, -0.05) is 52.3 Å². The maximum atomic E-state index is 14.4. The highest BCUT2D eigenvalue weighted by atomic mass is 79.9. The minimum absolute atomic E-state index is 0.0185. The summed E-state index contributed by atoms with van der Waals surface area (Å²) in [7, 11) is 1.54. The summed E-state index contributed by atoms with van der Waals surface area (Å²) in [5.41, 5.74) is -0.0233. The molecule has 0 radical (unpaired) electrons. The maximum Gasteiger partial charge on any atom is 0.416 e. The van der Waals surface area contributed by atoms with Crippen LogP contribution in [0.4, 0.5) is 13.2 Å². The Hall–Kier alpha value is -4.35. The van der Waals surface area contributed by atoms with E-state index in [1.165, 1.54) is 19.2 Å². The standard InChI is InChI=1S/C35H32BrF3N2O5/c1-44-30-8-3-6-26(20-30)31-34(21-23-9-13-28(36)14-10-23,33(43)40-22-24-5-2-7-27(19-24)35(37,38)39)41-32(46-31)25-11-15-29(16-12-25)45-18-4-17-42/h2-3,5-16,19-20,31,42H,4,17-18,21-22H2,1H3,(H,40,43)/t31-,34-/m1/s1. The van der Waals surface area contributed by atoms with Crippen molar-refractivity contribution < 1.29 is 37.3 Å². The zero-order valence-corrected chi connectivity index (χ0v) is 26.5. The van der Waals surface area contributed by atoms with Gasteiger partial charge in [0.2, 0.25) is 5.90 Å². The summed E-state index contributed by atoms with van der Waals surface area (Å²) in [6.07, 6.45) is -4.81. The largest absolute Gasteiger partial charge is 0.497 e. The number of hydrogen-bond acceptors (Lipinski definition) is 6. The van der Waals surface area contributed by atoms with E-state index in [1.807, 2.05) is 30.3 Å². The van der Waals surface area contributed by atoms with E-state index < -0.39 is 29.3 Å². The molecule has 2 atom stereocenters. The van der Waals surface area contributed by atoms with Crippen LogP contribution in [0.2, 0.25) is 0 Å². The van der Waals surface area contributed by atoms with Gasteiger partial charge in [0, 0.05) is 36.0 Å². The SMILES string of the molecule is COc1cccc([C@H]2OC(c3ccc(OCCCO)cc3)=N[C@@]2(Cc2ccc(Br)cc2)C(=O)NCc2cccc(C(F)(F)F)c2)c1. The van der Waals surface area contributed by atoms with Gasteiger partial charge in [0.15, 0.2) is 11.6 Å². The van der Waals surface area contributed by atoms with Crippen molar-refractivity contribution in [3.8, 4) is 11.5 Å². The van der Waals surface area contributed by atoms with Gasteiger partial charge in [-0.15, -0.1) is 0 Å². The fourth-order valence-corrected chi connectivity index (χ4v) is 5.46. The summed E-state index contributed by atoms with van der Waals surface area (Å²) in [4.78, 5) is 19.4. The normalized spacial score (nSPS) is 17.6. The molecular weight excluding hydrogens is 665 g/mol. The number of amides is 1. The Morgan fingerprint density at radius 2 is 1.72 bits per heavy atom. The van der Waals surface area contributed by atoms with E-state index >= 15 is 0 Å². The van der Waals surface area contributed by atoms with Gasteiger partial charge in [-0.05, 0) is 77.4 Å². The molecule has 46 heavy (non-hydrogen) atoms. The van der Waals surface area contributed by atoms with Crippen molar-refractivity contribution in [3.63, 3.8) is 0 Å². The van der Waals surface area contributed by atoms with Gasteiger partial charge >= 0.3 is 6.18 Å². The minimum Gasteiger partial charge on any atom is -0.497 e. The molecule has 0 spiro atoms. The van der Waals surface area contributed by atoms with Gasteiger partial charge < -0.3 is 24.6 Å². The fourth-order valence-electron chi connectivity index (χ4n) is 5.19. The number of rotatable bonds is 12. The van der Waals surface area contributed by atoms with Crippen molar-refractivity contribution in [3.05, 3.63) is 129 Å². The number of methoxy groups -OCH3 is 1. The molecule has 0 saturated heterocycles. The zero-order chi connectivity index (χ0) is 32.7. The van der Waals surface area contributed by atoms with Gasteiger partial charge in [0.1, 0.15) is 11.5 Å². The number of nitrogens with zero attached hydrogens (tertiary/aromatic N) is 1. The van der Waals surface area contributed by atoms with Crippen LogP contribution in [0.1, 0.15) is 40.3 Å². The second-order valence-corrected chi connectivity index (χ2v) is 11.7. The molecule has 0 unspecified atom stereocenters. The number of nitrogens with one attached hydrogen (secondary N) is 1. The number of aliphatic imine (C=N–C) groups is 1. The topological polar surface area (TPSA) is 89.4 Å². The van der Waals surface area contributed by atoms with Gasteiger partial charge in [-0.2, -0.15) is 13.2 Å². The lowest BCUT2D eigenvalue weighted by atomic mass is 9.82. The molecule has 7 nitrogen and oxygen atoms in total. The quantitative estimate of drug-likeness (QED) is 0.155. The molecule has 1 heterocycles. The smallest absolute Gasteiger partial charge is 0.416 e. The number of halogens is 4. The number of hydrogen-bond donors (Lipinski definition) is 2. The second-order valence-electron chi connectivity index (χ2n) is 10.7. The molecule has 0 aliphatic carbocycles. The third-order valence-corrected chi connectivity index (χ3v) is 8.05. The highest BCUT2D eigenvalue weighted by molar-refractivity contribution is 9.10. The first kappa shape index (κ1) is 33.0. The van der Waals surface area contributed by atoms with E-state index in [9.17, 15) is 18.0 Å². The highest BCUT2D eigenvalue weighted by Gasteiger charge is 2.53. The second kappa shape index (κ2) is 14.4. The molecule has 0 aromatic heterocycles. The summed E-state index contributed by atoms with van der Waals surface area (Å²) < 4.78 is 58.7. The molecule has 4 aromatic carbocycles. The summed E-state index contributed by atoms with van der Waals surface area (Å²) in [5, 5.41) is 11.9. The van der Waals surface area contributed by atoms with Crippen molar-refractivity contribution in [2.75, 3.05) is 20.3 Å². The predicted octanol–water partition coefficient (Wildman–Crippen LogP) is 7.05. The zero-order valence-electron chi connectivity index (χ0n) is 24.9. The van der Waals surface area contributed by atoms with Crippen LogP contribution in [0.25, 0.3) is 0 Å². The average Bonchev–Trinajstić information content (AvgIpc) is 3.45. The van der Waals surface area contributed by atoms with Gasteiger partial charge in [-0.3, -0.25) is 4.79 Å². The number of aliphatic hydroxyl groups is 1.